The van der Waals surface area contributed by atoms with Crippen molar-refractivity contribution < 1.29 is 23.9 Å². The molecule has 0 fully saturated rings. The summed E-state index contributed by atoms with van der Waals surface area (Å²) in [6, 6.07) is 15.1. The molecule has 0 radical (unpaired) electrons. The topological polar surface area (TPSA) is 93.7 Å². The Morgan fingerprint density at radius 2 is 1.78 bits per heavy atom. The summed E-state index contributed by atoms with van der Waals surface area (Å²) in [5.74, 6) is -0.804. The van der Waals surface area contributed by atoms with Crippen LogP contribution in [0.5, 0.6) is 0 Å². The van der Waals surface area contributed by atoms with Gasteiger partial charge < -0.3 is 14.8 Å². The smallest absolute Gasteiger partial charge is 0.411 e. The Labute approximate surface area is 157 Å². The monoisotopic (exact) mass is 370 g/mol. The van der Waals surface area contributed by atoms with Gasteiger partial charge in [-0.15, -0.1) is 0 Å². The van der Waals surface area contributed by atoms with Crippen LogP contribution in [0.4, 0.5) is 10.5 Å². The van der Waals surface area contributed by atoms with E-state index in [0.717, 1.165) is 5.56 Å². The Morgan fingerprint density at radius 3 is 2.44 bits per heavy atom. The highest BCUT2D eigenvalue weighted by atomic mass is 16.5. The van der Waals surface area contributed by atoms with Gasteiger partial charge in [-0.2, -0.15) is 0 Å². The van der Waals surface area contributed by atoms with E-state index >= 15 is 0 Å². The zero-order valence-electron chi connectivity index (χ0n) is 15.2. The molecule has 2 amide bonds. The number of nitrogens with one attached hydrogen (secondary N) is 2. The molecule has 0 aliphatic rings. The van der Waals surface area contributed by atoms with E-state index in [9.17, 15) is 14.4 Å². The molecule has 7 nitrogen and oxygen atoms in total. The molecular weight excluding hydrogens is 348 g/mol. The van der Waals surface area contributed by atoms with Gasteiger partial charge in [-0.3, -0.25) is 14.9 Å². The SMILES string of the molecule is CCOC(=O)Nc1cccc(C(=O)NC(CC(=O)OC)c2ccccc2)c1. The molecule has 1 atom stereocenters. The zero-order chi connectivity index (χ0) is 19.6. The molecule has 2 N–H and O–H groups in total. The van der Waals surface area contributed by atoms with E-state index in [1.54, 1.807) is 25.1 Å². The summed E-state index contributed by atoms with van der Waals surface area (Å²) in [4.78, 5) is 35.9. The Hall–Kier alpha value is -3.35. The third-order valence-electron chi connectivity index (χ3n) is 3.75. The van der Waals surface area contributed by atoms with Crippen LogP contribution in [-0.4, -0.2) is 31.7 Å². The lowest BCUT2D eigenvalue weighted by Gasteiger charge is -2.18. The number of amides is 2. The van der Waals surface area contributed by atoms with Crippen molar-refractivity contribution in [2.24, 2.45) is 0 Å². The van der Waals surface area contributed by atoms with Gasteiger partial charge in [-0.1, -0.05) is 36.4 Å². The van der Waals surface area contributed by atoms with Gasteiger partial charge >= 0.3 is 12.1 Å². The maximum absolute atomic E-state index is 12.7. The third-order valence-corrected chi connectivity index (χ3v) is 3.75. The number of hydrogen-bond acceptors (Lipinski definition) is 5. The highest BCUT2D eigenvalue weighted by Crippen LogP contribution is 2.19. The molecule has 2 rings (SSSR count). The van der Waals surface area contributed by atoms with Gasteiger partial charge in [-0.05, 0) is 30.7 Å². The molecule has 0 aliphatic heterocycles. The molecule has 27 heavy (non-hydrogen) atoms. The van der Waals surface area contributed by atoms with Gasteiger partial charge in [0.05, 0.1) is 26.2 Å². The van der Waals surface area contributed by atoms with Crippen molar-refractivity contribution in [1.82, 2.24) is 5.32 Å². The summed E-state index contributed by atoms with van der Waals surface area (Å²) in [6.07, 6.45) is -0.588. The fraction of sp³-hybridized carbons (Fsp3) is 0.250. The molecule has 0 bridgehead atoms. The molecule has 142 valence electrons. The van der Waals surface area contributed by atoms with Crippen molar-refractivity contribution in [2.45, 2.75) is 19.4 Å². The molecule has 2 aromatic rings. The van der Waals surface area contributed by atoms with Crippen LogP contribution in [0.15, 0.2) is 54.6 Å². The van der Waals surface area contributed by atoms with Crippen molar-refractivity contribution >= 4 is 23.7 Å². The molecule has 0 heterocycles. The second-order valence-corrected chi connectivity index (χ2v) is 5.64. The van der Waals surface area contributed by atoms with E-state index < -0.39 is 18.1 Å². The number of hydrogen-bond donors (Lipinski definition) is 2. The number of carbonyl (C=O) groups is 3. The first-order valence-electron chi connectivity index (χ1n) is 8.50. The van der Waals surface area contributed by atoms with Crippen LogP contribution in [0.25, 0.3) is 0 Å². The van der Waals surface area contributed by atoms with Crippen molar-refractivity contribution in [2.75, 3.05) is 19.0 Å². The maximum Gasteiger partial charge on any atom is 0.411 e. The van der Waals surface area contributed by atoms with Crippen LogP contribution in [-0.2, 0) is 14.3 Å². The highest BCUT2D eigenvalue weighted by Gasteiger charge is 2.20. The molecule has 0 saturated heterocycles. The maximum atomic E-state index is 12.7. The highest BCUT2D eigenvalue weighted by molar-refractivity contribution is 5.96. The summed E-state index contributed by atoms with van der Waals surface area (Å²) in [5, 5.41) is 5.39. The average molecular weight is 370 g/mol. The quantitative estimate of drug-likeness (QED) is 0.730. The number of rotatable bonds is 7. The lowest BCUT2D eigenvalue weighted by atomic mass is 10.0. The molecule has 7 heteroatoms. The van der Waals surface area contributed by atoms with E-state index in [1.807, 2.05) is 30.3 Å². The fourth-order valence-electron chi connectivity index (χ4n) is 2.45. The molecule has 0 spiro atoms. The van der Waals surface area contributed by atoms with Crippen molar-refractivity contribution in [3.8, 4) is 0 Å². The zero-order valence-corrected chi connectivity index (χ0v) is 15.2. The summed E-state index contributed by atoms with van der Waals surface area (Å²) < 4.78 is 9.55. The summed E-state index contributed by atoms with van der Waals surface area (Å²) in [5.41, 5.74) is 1.57. The Morgan fingerprint density at radius 1 is 1.04 bits per heavy atom. The molecular formula is C20H22N2O5. The Kier molecular flexibility index (Phi) is 7.37. The van der Waals surface area contributed by atoms with Crippen molar-refractivity contribution in [3.05, 3.63) is 65.7 Å². The van der Waals surface area contributed by atoms with E-state index in [2.05, 4.69) is 10.6 Å². The van der Waals surface area contributed by atoms with Crippen LogP contribution in [0.3, 0.4) is 0 Å². The van der Waals surface area contributed by atoms with E-state index in [1.165, 1.54) is 13.2 Å². The number of esters is 1. The first-order valence-corrected chi connectivity index (χ1v) is 8.50. The standard InChI is InChI=1S/C20H22N2O5/c1-3-27-20(25)21-16-11-7-10-15(12-16)19(24)22-17(13-18(23)26-2)14-8-5-4-6-9-14/h4-12,17H,3,13H2,1-2H3,(H,21,25)(H,22,24). The summed E-state index contributed by atoms with van der Waals surface area (Å²) >= 11 is 0. The predicted molar refractivity (Wildman–Crippen MR) is 100 cm³/mol. The van der Waals surface area contributed by atoms with Crippen LogP contribution in [0, 0.1) is 0 Å². The van der Waals surface area contributed by atoms with Crippen LogP contribution in [0.2, 0.25) is 0 Å². The minimum Gasteiger partial charge on any atom is -0.469 e. The molecule has 2 aromatic carbocycles. The number of ether oxygens (including phenoxy) is 2. The first kappa shape index (κ1) is 20.0. The normalized spacial score (nSPS) is 11.2. The summed E-state index contributed by atoms with van der Waals surface area (Å²) in [6.45, 7) is 1.95. The van der Waals surface area contributed by atoms with Gasteiger partial charge in [0.1, 0.15) is 0 Å². The van der Waals surface area contributed by atoms with E-state index in [-0.39, 0.29) is 18.9 Å². The van der Waals surface area contributed by atoms with Gasteiger partial charge in [0.2, 0.25) is 0 Å². The van der Waals surface area contributed by atoms with Crippen LogP contribution < -0.4 is 10.6 Å². The molecule has 0 saturated carbocycles. The Bertz CT molecular complexity index is 792. The molecule has 0 aromatic heterocycles. The van der Waals surface area contributed by atoms with Gasteiger partial charge in [0.25, 0.3) is 5.91 Å². The van der Waals surface area contributed by atoms with E-state index in [4.69, 9.17) is 9.47 Å². The number of benzene rings is 2. The second kappa shape index (κ2) is 9.96. The number of methoxy groups -OCH3 is 1. The lowest BCUT2D eigenvalue weighted by molar-refractivity contribution is -0.141. The largest absolute Gasteiger partial charge is 0.469 e. The number of anilines is 1. The third kappa shape index (κ3) is 6.14. The fourth-order valence-corrected chi connectivity index (χ4v) is 2.45. The first-order chi connectivity index (χ1) is 13.0. The van der Waals surface area contributed by atoms with Crippen LogP contribution in [0.1, 0.15) is 35.3 Å². The Balaban J connectivity index is 2.14. The van der Waals surface area contributed by atoms with Crippen molar-refractivity contribution in [1.29, 1.82) is 0 Å². The average Bonchev–Trinajstić information content (AvgIpc) is 2.68. The number of carbonyl (C=O) groups excluding carboxylic acids is 3. The van der Waals surface area contributed by atoms with E-state index in [0.29, 0.717) is 11.3 Å². The lowest BCUT2D eigenvalue weighted by Crippen LogP contribution is -2.30. The van der Waals surface area contributed by atoms with Crippen LogP contribution >= 0.6 is 0 Å². The summed E-state index contributed by atoms with van der Waals surface area (Å²) in [7, 11) is 1.30. The van der Waals surface area contributed by atoms with Gasteiger partial charge in [0, 0.05) is 11.3 Å². The minimum atomic E-state index is -0.595. The molecule has 0 aliphatic carbocycles. The minimum absolute atomic E-state index is 0.00696. The molecule has 1 unspecified atom stereocenters. The van der Waals surface area contributed by atoms with Gasteiger partial charge in [0.15, 0.2) is 0 Å². The van der Waals surface area contributed by atoms with Gasteiger partial charge in [-0.25, -0.2) is 4.79 Å². The predicted octanol–water partition coefficient (Wildman–Crippen LogP) is 3.29. The second-order valence-electron chi connectivity index (χ2n) is 5.64. The van der Waals surface area contributed by atoms with Crippen molar-refractivity contribution in [3.63, 3.8) is 0 Å².